The Bertz CT molecular complexity index is 1150. The molecular weight excluding hydrogens is 406 g/mol. The molecule has 0 radical (unpaired) electrons. The number of benzene rings is 1. The number of aryl methyl sites for hydroxylation is 2. The minimum atomic E-state index is -1.01. The second-order valence-electron chi connectivity index (χ2n) is 8.79. The molecule has 8 heteroatoms. The summed E-state index contributed by atoms with van der Waals surface area (Å²) >= 11 is 0. The number of nitrogens with two attached hydrogens (primary N) is 1. The summed E-state index contributed by atoms with van der Waals surface area (Å²) in [5, 5.41) is 19.9. The minimum Gasteiger partial charge on any atom is -0.459 e. The first-order valence-corrected chi connectivity index (χ1v) is 10.6. The van der Waals surface area contributed by atoms with Crippen LogP contribution in [0.4, 0.5) is 5.82 Å². The van der Waals surface area contributed by atoms with Gasteiger partial charge in [-0.25, -0.2) is 9.97 Å². The number of hydrogen-bond donors (Lipinski definition) is 2. The number of aromatic nitrogens is 3. The fourth-order valence-electron chi connectivity index (χ4n) is 3.70. The predicted molar refractivity (Wildman–Crippen MR) is 122 cm³/mol. The molecule has 0 amide bonds. The van der Waals surface area contributed by atoms with E-state index in [1.54, 1.807) is 20.8 Å². The average Bonchev–Trinajstić information content (AvgIpc) is 3.04. The van der Waals surface area contributed by atoms with Crippen LogP contribution in [0.5, 0.6) is 0 Å². The van der Waals surface area contributed by atoms with Crippen molar-refractivity contribution < 1.29 is 14.6 Å². The number of ether oxygens (including phenoxy) is 1. The molecule has 0 bridgehead atoms. The highest BCUT2D eigenvalue weighted by molar-refractivity contribution is 6.02. The Kier molecular flexibility index (Phi) is 6.80. The van der Waals surface area contributed by atoms with Gasteiger partial charge < -0.3 is 20.1 Å². The molecule has 0 aliphatic heterocycles. The molecule has 32 heavy (non-hydrogen) atoms. The number of carbonyl (C=O) groups is 1. The van der Waals surface area contributed by atoms with Crippen molar-refractivity contribution in [1.29, 1.82) is 5.26 Å². The number of nitriles is 1. The quantitative estimate of drug-likeness (QED) is 0.545. The molecule has 168 valence electrons. The lowest BCUT2D eigenvalue weighted by atomic mass is 9.96. The monoisotopic (exact) mass is 435 g/mol. The topological polar surface area (TPSA) is 127 Å². The Morgan fingerprint density at radius 2 is 1.97 bits per heavy atom. The number of hydrogen-bond acceptors (Lipinski definition) is 7. The Morgan fingerprint density at radius 3 is 2.56 bits per heavy atom. The molecule has 0 spiro atoms. The lowest BCUT2D eigenvalue weighted by Gasteiger charge is -2.22. The first kappa shape index (κ1) is 23.2. The van der Waals surface area contributed by atoms with Crippen molar-refractivity contribution in [3.8, 4) is 17.2 Å². The van der Waals surface area contributed by atoms with Gasteiger partial charge in [0.25, 0.3) is 0 Å². The molecule has 8 nitrogen and oxygen atoms in total. The summed E-state index contributed by atoms with van der Waals surface area (Å²) in [5.41, 5.74) is 9.70. The average molecular weight is 436 g/mol. The number of aliphatic hydroxyl groups excluding tert-OH is 1. The standard InChI is InChI=1S/C24H29N5O3/c1-15-6-8-16(9-7-15)19-18(12-17(13-25)23(31)32-24(2,3)4)29(10-5-11-30)22-20(19)21(26)27-14-28-22/h6-9,14,17,30H,5,10-12H2,1-4H3,(H2,26,27,28)/t17-/m0/s1. The second kappa shape index (κ2) is 9.37. The molecule has 0 saturated heterocycles. The van der Waals surface area contributed by atoms with E-state index in [4.69, 9.17) is 10.5 Å². The van der Waals surface area contributed by atoms with Gasteiger partial charge in [-0.3, -0.25) is 4.79 Å². The summed E-state index contributed by atoms with van der Waals surface area (Å²) < 4.78 is 7.40. The number of aliphatic hydroxyl groups is 1. The van der Waals surface area contributed by atoms with Crippen LogP contribution in [-0.2, 0) is 22.5 Å². The molecule has 3 N–H and O–H groups in total. The van der Waals surface area contributed by atoms with Crippen molar-refractivity contribution in [1.82, 2.24) is 14.5 Å². The van der Waals surface area contributed by atoms with Crippen LogP contribution in [0.2, 0.25) is 0 Å². The van der Waals surface area contributed by atoms with Crippen LogP contribution >= 0.6 is 0 Å². The third-order valence-corrected chi connectivity index (χ3v) is 5.10. The van der Waals surface area contributed by atoms with Gasteiger partial charge in [0.1, 0.15) is 29.3 Å². The van der Waals surface area contributed by atoms with Gasteiger partial charge in [-0.05, 0) is 39.7 Å². The van der Waals surface area contributed by atoms with Crippen molar-refractivity contribution in [3.05, 3.63) is 41.9 Å². The van der Waals surface area contributed by atoms with Gasteiger partial charge >= 0.3 is 5.97 Å². The van der Waals surface area contributed by atoms with E-state index in [-0.39, 0.29) is 13.0 Å². The van der Waals surface area contributed by atoms with Gasteiger partial charge in [0, 0.05) is 30.8 Å². The molecule has 1 atom stereocenters. The molecule has 0 saturated carbocycles. The summed E-state index contributed by atoms with van der Waals surface area (Å²) in [6, 6.07) is 10.0. The fourth-order valence-corrected chi connectivity index (χ4v) is 3.70. The van der Waals surface area contributed by atoms with Crippen LogP contribution in [-0.4, -0.2) is 37.8 Å². The number of rotatable bonds is 7. The van der Waals surface area contributed by atoms with E-state index in [9.17, 15) is 15.2 Å². The smallest absolute Gasteiger partial charge is 0.324 e. The molecule has 0 aliphatic rings. The Morgan fingerprint density at radius 1 is 1.28 bits per heavy atom. The molecule has 1 aromatic carbocycles. The molecule has 3 aromatic rings. The summed E-state index contributed by atoms with van der Waals surface area (Å²) in [4.78, 5) is 21.4. The molecule has 2 heterocycles. The maximum absolute atomic E-state index is 12.7. The van der Waals surface area contributed by atoms with Crippen LogP contribution in [0.3, 0.4) is 0 Å². The first-order valence-electron chi connectivity index (χ1n) is 10.6. The van der Waals surface area contributed by atoms with Crippen LogP contribution in [0, 0.1) is 24.2 Å². The van der Waals surface area contributed by atoms with E-state index in [0.29, 0.717) is 29.8 Å². The van der Waals surface area contributed by atoms with Crippen molar-refractivity contribution in [3.63, 3.8) is 0 Å². The number of carbonyl (C=O) groups excluding carboxylic acids is 1. The van der Waals surface area contributed by atoms with E-state index in [0.717, 1.165) is 22.4 Å². The summed E-state index contributed by atoms with van der Waals surface area (Å²) in [5.74, 6) is -1.27. The zero-order valence-corrected chi connectivity index (χ0v) is 18.9. The van der Waals surface area contributed by atoms with Crippen LogP contribution in [0.25, 0.3) is 22.2 Å². The SMILES string of the molecule is Cc1ccc(-c2c(C[C@@H](C#N)C(=O)OC(C)(C)C)n(CCCO)c3ncnc(N)c23)cc1. The number of fused-ring (bicyclic) bond motifs is 1. The van der Waals surface area contributed by atoms with Gasteiger partial charge in [-0.15, -0.1) is 0 Å². The summed E-state index contributed by atoms with van der Waals surface area (Å²) in [7, 11) is 0. The highest BCUT2D eigenvalue weighted by Crippen LogP contribution is 2.38. The van der Waals surface area contributed by atoms with Gasteiger partial charge in [-0.1, -0.05) is 29.8 Å². The van der Waals surface area contributed by atoms with Crippen LogP contribution < -0.4 is 5.73 Å². The summed E-state index contributed by atoms with van der Waals surface area (Å²) in [6.45, 7) is 7.76. The van der Waals surface area contributed by atoms with E-state index in [1.807, 2.05) is 35.8 Å². The van der Waals surface area contributed by atoms with Gasteiger partial charge in [-0.2, -0.15) is 5.26 Å². The lowest BCUT2D eigenvalue weighted by molar-refractivity contribution is -0.157. The first-order chi connectivity index (χ1) is 15.2. The van der Waals surface area contributed by atoms with Crippen molar-refractivity contribution in [2.24, 2.45) is 5.92 Å². The van der Waals surface area contributed by atoms with Gasteiger partial charge in [0.15, 0.2) is 0 Å². The van der Waals surface area contributed by atoms with Crippen molar-refractivity contribution >= 4 is 22.8 Å². The molecule has 0 aliphatic carbocycles. The molecule has 0 fully saturated rings. The fraction of sp³-hybridized carbons (Fsp3) is 0.417. The maximum Gasteiger partial charge on any atom is 0.324 e. The van der Waals surface area contributed by atoms with Gasteiger partial charge in [0.2, 0.25) is 0 Å². The number of esters is 1. The molecular formula is C24H29N5O3. The van der Waals surface area contributed by atoms with E-state index >= 15 is 0 Å². The van der Waals surface area contributed by atoms with E-state index < -0.39 is 17.5 Å². The Labute approximate surface area is 187 Å². The third kappa shape index (κ3) is 4.89. The third-order valence-electron chi connectivity index (χ3n) is 5.10. The van der Waals surface area contributed by atoms with E-state index in [2.05, 4.69) is 16.0 Å². The van der Waals surface area contributed by atoms with Crippen molar-refractivity contribution in [2.75, 3.05) is 12.3 Å². The second-order valence-corrected chi connectivity index (χ2v) is 8.79. The summed E-state index contributed by atoms with van der Waals surface area (Å²) in [6.07, 6.45) is 2.00. The number of nitrogen functional groups attached to an aromatic ring is 1. The normalized spacial score (nSPS) is 12.5. The molecule has 0 unspecified atom stereocenters. The lowest BCUT2D eigenvalue weighted by Crippen LogP contribution is -2.29. The minimum absolute atomic E-state index is 0.00666. The highest BCUT2D eigenvalue weighted by atomic mass is 16.6. The maximum atomic E-state index is 12.7. The van der Waals surface area contributed by atoms with Gasteiger partial charge in [0.05, 0.1) is 11.5 Å². The Balaban J connectivity index is 2.23. The van der Waals surface area contributed by atoms with E-state index in [1.165, 1.54) is 6.33 Å². The number of anilines is 1. The van der Waals surface area contributed by atoms with Crippen molar-refractivity contribution in [2.45, 2.75) is 52.7 Å². The van der Waals surface area contributed by atoms with Crippen LogP contribution in [0.1, 0.15) is 38.4 Å². The molecule has 2 aromatic heterocycles. The number of nitrogens with zero attached hydrogens (tertiary/aromatic N) is 4. The highest BCUT2D eigenvalue weighted by Gasteiger charge is 2.30. The molecule has 3 rings (SSSR count). The zero-order valence-electron chi connectivity index (χ0n) is 18.9. The Hall–Kier alpha value is -3.44. The zero-order chi connectivity index (χ0) is 23.5. The predicted octanol–water partition coefficient (Wildman–Crippen LogP) is 3.40. The van der Waals surface area contributed by atoms with Crippen LogP contribution in [0.15, 0.2) is 30.6 Å². The largest absolute Gasteiger partial charge is 0.459 e.